The Labute approximate surface area is 304 Å². The molecule has 4 saturated carbocycles. The molecule has 0 radical (unpaired) electrons. The monoisotopic (exact) mass is 689 g/mol. The van der Waals surface area contributed by atoms with Crippen molar-refractivity contribution in [3.8, 4) is 0 Å². The van der Waals surface area contributed by atoms with Gasteiger partial charge in [-0.05, 0) is 139 Å². The Balaban J connectivity index is 1.09. The molecule has 5 aliphatic rings. The van der Waals surface area contributed by atoms with E-state index in [1.54, 1.807) is 0 Å². The maximum absolute atomic E-state index is 14.6. The van der Waals surface area contributed by atoms with E-state index >= 15 is 0 Å². The first-order valence-corrected chi connectivity index (χ1v) is 19.7. The van der Waals surface area contributed by atoms with E-state index in [-0.39, 0.29) is 33.0 Å². The molecule has 2 aromatic carbocycles. The van der Waals surface area contributed by atoms with Crippen LogP contribution in [0.3, 0.4) is 0 Å². The van der Waals surface area contributed by atoms with Crippen LogP contribution in [-0.2, 0) is 11.3 Å². The van der Waals surface area contributed by atoms with Gasteiger partial charge < -0.3 is 20.5 Å². The average Bonchev–Trinajstić information content (AvgIpc) is 3.70. The fourth-order valence-electron chi connectivity index (χ4n) is 13.9. The second-order valence-electron chi connectivity index (χ2n) is 18.8. The molecule has 6 heteroatoms. The van der Waals surface area contributed by atoms with Crippen molar-refractivity contribution >= 4 is 22.5 Å². The van der Waals surface area contributed by atoms with Crippen molar-refractivity contribution < 1.29 is 15.0 Å². The number of allylic oxidation sites excluding steroid dienone is 3. The molecular formula is C45H59N3O3. The summed E-state index contributed by atoms with van der Waals surface area (Å²) in [7, 11) is 0. The van der Waals surface area contributed by atoms with E-state index in [2.05, 4.69) is 76.6 Å². The van der Waals surface area contributed by atoms with Crippen molar-refractivity contribution in [2.45, 2.75) is 112 Å². The largest absolute Gasteiger partial charge is 0.364 e. The lowest BCUT2D eigenvalue weighted by Crippen LogP contribution is -2.66. The molecule has 51 heavy (non-hydrogen) atoms. The summed E-state index contributed by atoms with van der Waals surface area (Å²) in [5.41, 5.74) is 6.53. The molecule has 3 aromatic rings. The number of imidazole rings is 1. The predicted molar refractivity (Wildman–Crippen MR) is 204 cm³/mol. The number of fused-ring (bicyclic) bond motifs is 8. The number of amides is 1. The van der Waals surface area contributed by atoms with Gasteiger partial charge in [0, 0.05) is 5.56 Å². The summed E-state index contributed by atoms with van der Waals surface area (Å²) in [6.07, 6.45) is 11.1. The minimum atomic E-state index is -1.44. The van der Waals surface area contributed by atoms with Crippen molar-refractivity contribution in [1.29, 1.82) is 0 Å². The number of hydrogen-bond donors (Lipinski definition) is 4. The third-order valence-electron chi connectivity index (χ3n) is 16.5. The number of para-hydroxylation sites is 2. The molecule has 4 fully saturated rings. The van der Waals surface area contributed by atoms with Crippen molar-refractivity contribution in [3.63, 3.8) is 0 Å². The minimum absolute atomic E-state index is 0.00157. The number of carbonyl (C=O) groups excluding carboxylic acids is 1. The van der Waals surface area contributed by atoms with Crippen LogP contribution < -0.4 is 5.32 Å². The van der Waals surface area contributed by atoms with Crippen LogP contribution >= 0.6 is 0 Å². The molecule has 272 valence electrons. The highest BCUT2D eigenvalue weighted by Gasteiger charge is 2.71. The lowest BCUT2D eigenvalue weighted by Gasteiger charge is -2.72. The van der Waals surface area contributed by atoms with E-state index in [1.807, 2.05) is 36.4 Å². The lowest BCUT2D eigenvalue weighted by atomic mass is 9.32. The molecule has 1 amide bonds. The molecule has 0 saturated heterocycles. The molecule has 0 bridgehead atoms. The summed E-state index contributed by atoms with van der Waals surface area (Å²) >= 11 is 0. The number of benzene rings is 2. The zero-order chi connectivity index (χ0) is 36.1. The smallest absolute Gasteiger partial charge is 0.226 e. The number of aromatic amines is 1. The standard InChI is InChI=1S/C45H59N3O3/c1-27(2)30-18-23-45(40(51)46-26-37-47-33-10-8-9-11-34(33)48-37)25-24-43(6)32(38(30)45)16-17-36-42(5)21-19-31(28-12-14-29(15-13-28)39(49)50)41(3,4)35(42)20-22-44(36,43)7/h8-15,19,30,32,35-36,38-39,49-50H,1,16-18,20-26H2,2-7H3,(H,46,51)(H,47,48)/t30-,32+,35-,36+,38+,42-,43+,44+,45-/m0/s1. The number of aliphatic hydroxyl groups is 2. The van der Waals surface area contributed by atoms with E-state index in [9.17, 15) is 15.0 Å². The Bertz CT molecular complexity index is 1860. The molecule has 6 nitrogen and oxygen atoms in total. The van der Waals surface area contributed by atoms with E-state index in [4.69, 9.17) is 4.98 Å². The SMILES string of the molecule is C=C(C)[C@@H]1CC[C@]2(C(=O)NCc3nc4ccccc4[nH]3)CC[C@]3(C)[C@H](CC[C@@H]4[C@@]5(C)CC=C(c6ccc(C(O)O)cc6)C(C)(C)[C@@H]5CC[C@]43C)[C@@H]12. The first kappa shape index (κ1) is 34.8. The van der Waals surface area contributed by atoms with Gasteiger partial charge in [-0.1, -0.05) is 89.2 Å². The van der Waals surface area contributed by atoms with E-state index in [1.165, 1.54) is 42.4 Å². The Hall–Kier alpha value is -3.22. The van der Waals surface area contributed by atoms with Gasteiger partial charge in [-0.3, -0.25) is 4.79 Å². The highest BCUT2D eigenvalue weighted by molar-refractivity contribution is 5.84. The Morgan fingerprint density at radius 2 is 1.67 bits per heavy atom. The maximum Gasteiger partial charge on any atom is 0.226 e. The number of rotatable bonds is 6. The van der Waals surface area contributed by atoms with Crippen LogP contribution in [0.4, 0.5) is 0 Å². The van der Waals surface area contributed by atoms with Crippen LogP contribution in [0.5, 0.6) is 0 Å². The molecule has 0 spiro atoms. The van der Waals surface area contributed by atoms with E-state index < -0.39 is 6.29 Å². The Morgan fingerprint density at radius 1 is 0.922 bits per heavy atom. The molecular weight excluding hydrogens is 631 g/mol. The van der Waals surface area contributed by atoms with Crippen LogP contribution in [0.2, 0.25) is 0 Å². The third kappa shape index (κ3) is 4.94. The summed E-state index contributed by atoms with van der Waals surface area (Å²) in [5, 5.41) is 22.8. The molecule has 4 N–H and O–H groups in total. The summed E-state index contributed by atoms with van der Waals surface area (Å²) < 4.78 is 0. The fraction of sp³-hybridized carbons (Fsp3) is 0.600. The van der Waals surface area contributed by atoms with Crippen LogP contribution in [-0.4, -0.2) is 26.1 Å². The number of aliphatic hydroxyl groups excluding tert-OH is 1. The van der Waals surface area contributed by atoms with Crippen LogP contribution in [0.15, 0.2) is 66.8 Å². The van der Waals surface area contributed by atoms with Gasteiger partial charge in [0.2, 0.25) is 5.91 Å². The van der Waals surface area contributed by atoms with Gasteiger partial charge in [-0.25, -0.2) is 4.98 Å². The summed E-state index contributed by atoms with van der Waals surface area (Å²) in [5.74, 6) is 3.44. The second kappa shape index (κ2) is 11.9. The van der Waals surface area contributed by atoms with Crippen molar-refractivity contribution in [1.82, 2.24) is 15.3 Å². The summed E-state index contributed by atoms with van der Waals surface area (Å²) in [4.78, 5) is 22.8. The van der Waals surface area contributed by atoms with Crippen molar-refractivity contribution in [3.05, 3.63) is 83.7 Å². The normalized spacial score (nSPS) is 38.3. The van der Waals surface area contributed by atoms with Gasteiger partial charge >= 0.3 is 0 Å². The molecule has 9 atom stereocenters. The fourth-order valence-corrected chi connectivity index (χ4v) is 13.9. The van der Waals surface area contributed by atoms with Gasteiger partial charge in [0.25, 0.3) is 0 Å². The molecule has 1 heterocycles. The zero-order valence-electron chi connectivity index (χ0n) is 31.7. The quantitative estimate of drug-likeness (QED) is 0.153. The Morgan fingerprint density at radius 3 is 2.37 bits per heavy atom. The van der Waals surface area contributed by atoms with Gasteiger partial charge in [-0.2, -0.15) is 0 Å². The number of carbonyl (C=O) groups is 1. The maximum atomic E-state index is 14.6. The van der Waals surface area contributed by atoms with Gasteiger partial charge in [-0.15, -0.1) is 0 Å². The predicted octanol–water partition coefficient (Wildman–Crippen LogP) is 9.51. The minimum Gasteiger partial charge on any atom is -0.364 e. The van der Waals surface area contributed by atoms with Crippen LogP contribution in [0, 0.1) is 56.7 Å². The second-order valence-corrected chi connectivity index (χ2v) is 18.8. The molecule has 8 rings (SSSR count). The van der Waals surface area contributed by atoms with Gasteiger partial charge in [0.15, 0.2) is 6.29 Å². The summed E-state index contributed by atoms with van der Waals surface area (Å²) in [6.45, 7) is 20.0. The number of nitrogens with one attached hydrogen (secondary N) is 2. The van der Waals surface area contributed by atoms with E-state index in [0.717, 1.165) is 49.0 Å². The number of nitrogens with zero attached hydrogens (tertiary/aromatic N) is 1. The number of hydrogen-bond acceptors (Lipinski definition) is 4. The highest BCUT2D eigenvalue weighted by Crippen LogP contribution is 2.77. The van der Waals surface area contributed by atoms with Gasteiger partial charge in [0.1, 0.15) is 5.82 Å². The lowest BCUT2D eigenvalue weighted by molar-refractivity contribution is -0.225. The average molecular weight is 690 g/mol. The number of aromatic nitrogens is 2. The topological polar surface area (TPSA) is 98.2 Å². The van der Waals surface area contributed by atoms with E-state index in [0.29, 0.717) is 41.7 Å². The van der Waals surface area contributed by atoms with Crippen LogP contribution in [0.25, 0.3) is 16.6 Å². The molecule has 1 aromatic heterocycles. The summed E-state index contributed by atoms with van der Waals surface area (Å²) in [6, 6.07) is 15.9. The number of H-pyrrole nitrogens is 1. The first-order valence-electron chi connectivity index (χ1n) is 19.7. The first-order chi connectivity index (χ1) is 24.2. The van der Waals surface area contributed by atoms with Crippen molar-refractivity contribution in [2.24, 2.45) is 56.7 Å². The zero-order valence-corrected chi connectivity index (χ0v) is 31.7. The highest BCUT2D eigenvalue weighted by atomic mass is 16.5. The van der Waals surface area contributed by atoms with Crippen molar-refractivity contribution in [2.75, 3.05) is 0 Å². The molecule has 0 aliphatic heterocycles. The molecule has 5 aliphatic carbocycles. The third-order valence-corrected chi connectivity index (χ3v) is 16.5. The van der Waals surface area contributed by atoms with Gasteiger partial charge in [0.05, 0.1) is 23.0 Å². The molecule has 0 unspecified atom stereocenters. The Kier molecular flexibility index (Phi) is 8.13. The van der Waals surface area contributed by atoms with Crippen LogP contribution in [0.1, 0.15) is 123 Å².